The summed E-state index contributed by atoms with van der Waals surface area (Å²) in [5.74, 6) is 1.49. The number of nitrogens with two attached hydrogens (primary N) is 1. The van der Waals surface area contributed by atoms with Crippen molar-refractivity contribution in [2.45, 2.75) is 49.6 Å². The number of fused-ring (bicyclic) bond motifs is 1. The minimum atomic E-state index is -4.36. The van der Waals surface area contributed by atoms with E-state index >= 15 is 0 Å². The van der Waals surface area contributed by atoms with Gasteiger partial charge in [0.05, 0.1) is 23.5 Å². The van der Waals surface area contributed by atoms with E-state index in [-0.39, 0.29) is 28.2 Å². The first-order valence-electron chi connectivity index (χ1n) is 15.2. The molecular formula is C33H38N6O5S. The first kappa shape index (κ1) is 30.4. The molecule has 11 nitrogen and oxygen atoms in total. The molecule has 1 saturated carbocycles. The maximum Gasteiger partial charge on any atom is 0.272 e. The third-order valence-electron chi connectivity index (χ3n) is 8.71. The summed E-state index contributed by atoms with van der Waals surface area (Å²) < 4.78 is 40.7. The maximum atomic E-state index is 14.2. The number of rotatable bonds is 8. The lowest BCUT2D eigenvalue weighted by Crippen LogP contribution is -2.42. The summed E-state index contributed by atoms with van der Waals surface area (Å²) in [4.78, 5) is 17.7. The van der Waals surface area contributed by atoms with Crippen LogP contribution in [0.1, 0.15) is 47.2 Å². The zero-order valence-corrected chi connectivity index (χ0v) is 26.1. The third-order valence-corrected chi connectivity index (χ3v) is 10.4. The Labute approximate surface area is 263 Å². The van der Waals surface area contributed by atoms with Gasteiger partial charge in [-0.25, -0.2) is 8.42 Å². The Hall–Kier alpha value is -4.58. The van der Waals surface area contributed by atoms with Crippen LogP contribution in [0.3, 0.4) is 0 Å². The first-order valence-corrected chi connectivity index (χ1v) is 16.6. The van der Waals surface area contributed by atoms with Crippen molar-refractivity contribution in [1.82, 2.24) is 9.80 Å². The predicted molar refractivity (Wildman–Crippen MR) is 172 cm³/mol. The molecule has 1 amide bonds. The number of piperidine rings is 1. The first-order chi connectivity index (χ1) is 21.6. The van der Waals surface area contributed by atoms with E-state index in [9.17, 15) is 13.2 Å². The Morgan fingerprint density at radius 3 is 2.16 bits per heavy atom. The van der Waals surface area contributed by atoms with Crippen LogP contribution in [0.4, 0.5) is 5.69 Å². The lowest BCUT2D eigenvalue weighted by Gasteiger charge is -2.34. The van der Waals surface area contributed by atoms with Crippen molar-refractivity contribution in [3.63, 3.8) is 0 Å². The fraction of sp³-hybridized carbons (Fsp3) is 0.364. The van der Waals surface area contributed by atoms with E-state index in [1.165, 1.54) is 31.4 Å². The van der Waals surface area contributed by atoms with Crippen molar-refractivity contribution >= 4 is 33.4 Å². The molecule has 3 aliphatic rings. The van der Waals surface area contributed by atoms with Gasteiger partial charge in [0.25, 0.3) is 15.9 Å². The summed E-state index contributed by atoms with van der Waals surface area (Å²) in [7, 11) is -2.84. The molecule has 3 aromatic rings. The summed E-state index contributed by atoms with van der Waals surface area (Å²) in [5, 5.41) is 16.2. The molecule has 0 aromatic heterocycles. The fourth-order valence-electron chi connectivity index (χ4n) is 5.91. The average Bonchev–Trinajstić information content (AvgIpc) is 3.90. The van der Waals surface area contributed by atoms with Gasteiger partial charge in [0.2, 0.25) is 0 Å². The second-order valence-corrected chi connectivity index (χ2v) is 13.5. The normalized spacial score (nSPS) is 16.9. The number of benzene rings is 3. The second-order valence-electron chi connectivity index (χ2n) is 11.7. The largest absolute Gasteiger partial charge is 0.497 e. The summed E-state index contributed by atoms with van der Waals surface area (Å²) in [6.07, 6.45) is 4.43. The van der Waals surface area contributed by atoms with Crippen molar-refractivity contribution in [2.75, 3.05) is 31.0 Å². The number of ether oxygens (including phenoxy) is 2. The van der Waals surface area contributed by atoms with Crippen molar-refractivity contribution in [3.8, 4) is 11.5 Å². The average molecular weight is 631 g/mol. The van der Waals surface area contributed by atoms with E-state index in [4.69, 9.17) is 26.0 Å². The number of methoxy groups -OCH3 is 1. The monoisotopic (exact) mass is 630 g/mol. The minimum Gasteiger partial charge on any atom is -0.497 e. The molecule has 3 aromatic carbocycles. The molecule has 2 aliphatic heterocycles. The van der Waals surface area contributed by atoms with E-state index in [2.05, 4.69) is 4.90 Å². The van der Waals surface area contributed by atoms with E-state index in [1.54, 1.807) is 41.3 Å². The molecular weight excluding hydrogens is 592 g/mol. The van der Waals surface area contributed by atoms with Crippen LogP contribution >= 0.6 is 0 Å². The Morgan fingerprint density at radius 2 is 1.53 bits per heavy atom. The van der Waals surface area contributed by atoms with Gasteiger partial charge in [-0.15, -0.1) is 0 Å². The molecule has 2 heterocycles. The van der Waals surface area contributed by atoms with Crippen LogP contribution in [0.2, 0.25) is 0 Å². The molecule has 12 heteroatoms. The number of amides is 1. The lowest BCUT2D eigenvalue weighted by atomic mass is 9.99. The minimum absolute atomic E-state index is 0.0195. The van der Waals surface area contributed by atoms with Crippen molar-refractivity contribution < 1.29 is 22.7 Å². The highest BCUT2D eigenvalue weighted by molar-refractivity contribution is 7.93. The van der Waals surface area contributed by atoms with Crippen LogP contribution in [0.15, 0.2) is 71.6 Å². The molecule has 0 bridgehead atoms. The van der Waals surface area contributed by atoms with Gasteiger partial charge in [-0.3, -0.25) is 15.6 Å². The molecule has 0 unspecified atom stereocenters. The van der Waals surface area contributed by atoms with Crippen LogP contribution in [-0.2, 0) is 23.0 Å². The van der Waals surface area contributed by atoms with Crippen LogP contribution in [0, 0.1) is 16.7 Å². The maximum absolute atomic E-state index is 14.2. The van der Waals surface area contributed by atoms with Gasteiger partial charge >= 0.3 is 0 Å². The Kier molecular flexibility index (Phi) is 8.41. The van der Waals surface area contributed by atoms with Crippen LogP contribution < -0.4 is 19.5 Å². The number of hydrogen-bond donors (Lipinski definition) is 3. The number of likely N-dealkylation sites (tertiary alicyclic amines) is 1. The molecule has 1 aliphatic carbocycles. The van der Waals surface area contributed by atoms with Gasteiger partial charge in [-0.1, -0.05) is 6.07 Å². The quantitative estimate of drug-likeness (QED) is 0.247. The number of amidine groups is 1. The highest BCUT2D eigenvalue weighted by Crippen LogP contribution is 2.34. The number of nitrogens with zero attached hydrogens (tertiary/aromatic N) is 3. The van der Waals surface area contributed by atoms with Crippen molar-refractivity contribution in [2.24, 2.45) is 11.7 Å². The highest BCUT2D eigenvalue weighted by atomic mass is 32.2. The Morgan fingerprint density at radius 1 is 0.867 bits per heavy atom. The predicted octanol–water partition coefficient (Wildman–Crippen LogP) is 4.21. The van der Waals surface area contributed by atoms with Gasteiger partial charge in [0.1, 0.15) is 17.6 Å². The van der Waals surface area contributed by atoms with Crippen LogP contribution in [0.25, 0.3) is 0 Å². The molecule has 236 valence electrons. The molecule has 0 atom stereocenters. The van der Waals surface area contributed by atoms with Crippen molar-refractivity contribution in [1.29, 1.82) is 10.8 Å². The number of carbonyl (C=O) groups excluding carboxylic acids is 1. The van der Waals surface area contributed by atoms with Gasteiger partial charge in [0.15, 0.2) is 5.96 Å². The SMILES string of the molecule is COc1ccc(C(=O)N(c2ccc3c(c2)CN(C(=N)N)CC3)S(=O)(=O)c2ccc(OC3CCN(C(=N)C4CC4)CC3)cc2)cc1. The van der Waals surface area contributed by atoms with E-state index < -0.39 is 15.9 Å². The molecule has 6 rings (SSSR count). The van der Waals surface area contributed by atoms with E-state index in [0.717, 1.165) is 60.0 Å². The highest BCUT2D eigenvalue weighted by Gasteiger charge is 2.34. The number of sulfonamides is 1. The van der Waals surface area contributed by atoms with Crippen LogP contribution in [0.5, 0.6) is 11.5 Å². The number of hydrogen-bond acceptors (Lipinski definition) is 7. The third kappa shape index (κ3) is 6.46. The number of guanidine groups is 1. The zero-order chi connectivity index (χ0) is 31.7. The molecule has 2 fully saturated rings. The topological polar surface area (TPSA) is 153 Å². The van der Waals surface area contributed by atoms with Crippen molar-refractivity contribution in [3.05, 3.63) is 83.4 Å². The number of anilines is 1. The Bertz CT molecular complexity index is 1700. The molecule has 0 radical (unpaired) electrons. The smallest absolute Gasteiger partial charge is 0.272 e. The van der Waals surface area contributed by atoms with Gasteiger partial charge in [0, 0.05) is 50.5 Å². The molecule has 45 heavy (non-hydrogen) atoms. The number of nitrogens with one attached hydrogen (secondary N) is 2. The van der Waals surface area contributed by atoms with E-state index in [0.29, 0.717) is 36.9 Å². The summed E-state index contributed by atoms with van der Waals surface area (Å²) >= 11 is 0. The number of carbonyl (C=O) groups is 1. The summed E-state index contributed by atoms with van der Waals surface area (Å²) in [5.41, 5.74) is 7.94. The lowest BCUT2D eigenvalue weighted by molar-refractivity contribution is 0.100. The Balaban J connectivity index is 1.25. The molecule has 1 saturated heterocycles. The summed E-state index contributed by atoms with van der Waals surface area (Å²) in [6.45, 7) is 2.49. The second kappa shape index (κ2) is 12.4. The van der Waals surface area contributed by atoms with Gasteiger partial charge in [-0.05, 0) is 91.1 Å². The van der Waals surface area contributed by atoms with E-state index in [1.807, 2.05) is 6.07 Å². The van der Waals surface area contributed by atoms with Gasteiger partial charge in [-0.2, -0.15) is 4.31 Å². The fourth-order valence-corrected chi connectivity index (χ4v) is 7.31. The summed E-state index contributed by atoms with van der Waals surface area (Å²) in [6, 6.07) is 17.6. The van der Waals surface area contributed by atoms with Crippen LogP contribution in [-0.4, -0.2) is 68.8 Å². The standard InChI is InChI=1S/C33H38N6O5S/c1-43-27-8-5-24(6-9-27)32(40)39(26-7-4-22-14-17-38(33(35)36)21-25(22)20-26)45(41,42)30-12-10-28(11-13-30)44-29-15-18-37(19-16-29)31(34)23-2-3-23/h4-13,20,23,29,34H,2-3,14-19,21H2,1H3,(H3,35,36). The van der Waals surface area contributed by atoms with Gasteiger partial charge < -0.3 is 25.0 Å². The molecule has 0 spiro atoms. The molecule has 4 N–H and O–H groups in total. The zero-order valence-electron chi connectivity index (χ0n) is 25.2.